The maximum Gasteiger partial charge on any atom is 0.318 e. The van der Waals surface area contributed by atoms with Crippen LogP contribution in [0.3, 0.4) is 0 Å². The first-order valence-electron chi connectivity index (χ1n) is 10.6. The molecule has 3 rings (SSSR count). The molecule has 0 fully saturated rings. The molecule has 0 aliphatic carbocycles. The predicted octanol–water partition coefficient (Wildman–Crippen LogP) is 4.98. The van der Waals surface area contributed by atoms with E-state index >= 15 is 0 Å². The Morgan fingerprint density at radius 3 is 2.16 bits per heavy atom. The van der Waals surface area contributed by atoms with Gasteiger partial charge in [0, 0.05) is 29.4 Å². The van der Waals surface area contributed by atoms with Crippen molar-refractivity contribution in [2.24, 2.45) is 0 Å². The van der Waals surface area contributed by atoms with Crippen LogP contribution >= 0.6 is 11.3 Å². The van der Waals surface area contributed by atoms with E-state index in [1.165, 1.54) is 9.78 Å². The van der Waals surface area contributed by atoms with Gasteiger partial charge in [-0.3, -0.25) is 4.79 Å². The lowest BCUT2D eigenvalue weighted by Crippen LogP contribution is -2.46. The van der Waals surface area contributed by atoms with Crippen LogP contribution in [0.25, 0.3) is 0 Å². The normalized spacial score (nSPS) is 10.4. The molecule has 166 valence electrons. The minimum Gasteiger partial charge on any atom is -0.334 e. The smallest absolute Gasteiger partial charge is 0.318 e. The van der Waals surface area contributed by atoms with Gasteiger partial charge < -0.3 is 15.1 Å². The van der Waals surface area contributed by atoms with Crippen molar-refractivity contribution in [3.8, 4) is 0 Å². The summed E-state index contributed by atoms with van der Waals surface area (Å²) in [6, 6.07) is 23.4. The molecule has 1 heterocycles. The van der Waals surface area contributed by atoms with Gasteiger partial charge in [0.25, 0.3) is 0 Å². The summed E-state index contributed by atoms with van der Waals surface area (Å²) in [6.07, 6.45) is 1.64. The third-order valence-corrected chi connectivity index (χ3v) is 5.95. The van der Waals surface area contributed by atoms with Gasteiger partial charge in [0.05, 0.1) is 6.54 Å². The number of carbonyl (C=O) groups excluding carboxylic acids is 2. The highest BCUT2D eigenvalue weighted by atomic mass is 32.1. The standard InChI is InChI=1S/C26H29N3O2S/c1-3-16-28(26(31)27-17-22-10-6-4-7-11-22)20-25(30)29(18-23-12-8-5-9-13-23)19-24-15-14-21(2)32-24/h3-15H,1,16-20H2,2H3,(H,27,31). The largest absolute Gasteiger partial charge is 0.334 e. The van der Waals surface area contributed by atoms with Crippen LogP contribution < -0.4 is 5.32 Å². The van der Waals surface area contributed by atoms with Crippen LogP contribution in [-0.2, 0) is 24.4 Å². The van der Waals surface area contributed by atoms with Crippen molar-refractivity contribution in [3.63, 3.8) is 0 Å². The summed E-state index contributed by atoms with van der Waals surface area (Å²) in [7, 11) is 0. The number of nitrogens with zero attached hydrogens (tertiary/aromatic N) is 2. The molecule has 0 atom stereocenters. The number of rotatable bonds is 10. The molecule has 0 saturated carbocycles. The van der Waals surface area contributed by atoms with Crippen molar-refractivity contribution in [1.29, 1.82) is 0 Å². The zero-order valence-corrected chi connectivity index (χ0v) is 19.2. The van der Waals surface area contributed by atoms with E-state index in [4.69, 9.17) is 0 Å². The molecular weight excluding hydrogens is 418 g/mol. The molecule has 0 spiro atoms. The zero-order valence-electron chi connectivity index (χ0n) is 18.4. The van der Waals surface area contributed by atoms with E-state index in [0.29, 0.717) is 26.2 Å². The minimum absolute atomic E-state index is 0.0101. The van der Waals surface area contributed by atoms with Crippen LogP contribution in [0.15, 0.2) is 85.5 Å². The Morgan fingerprint density at radius 1 is 0.906 bits per heavy atom. The van der Waals surface area contributed by atoms with Gasteiger partial charge in [-0.2, -0.15) is 0 Å². The SMILES string of the molecule is C=CCN(CC(=O)N(Cc1ccccc1)Cc1ccc(C)s1)C(=O)NCc1ccccc1. The Hall–Kier alpha value is -3.38. The molecular formula is C26H29N3O2S. The number of hydrogen-bond acceptors (Lipinski definition) is 3. The van der Waals surface area contributed by atoms with Gasteiger partial charge in [-0.1, -0.05) is 66.7 Å². The lowest BCUT2D eigenvalue weighted by molar-refractivity contribution is -0.133. The first kappa shape index (κ1) is 23.3. The van der Waals surface area contributed by atoms with E-state index in [1.54, 1.807) is 22.3 Å². The first-order valence-corrected chi connectivity index (χ1v) is 11.4. The van der Waals surface area contributed by atoms with E-state index in [9.17, 15) is 9.59 Å². The quantitative estimate of drug-likeness (QED) is 0.446. The van der Waals surface area contributed by atoms with E-state index in [-0.39, 0.29) is 18.5 Å². The van der Waals surface area contributed by atoms with Gasteiger partial charge in [0.1, 0.15) is 6.54 Å². The van der Waals surface area contributed by atoms with E-state index in [2.05, 4.69) is 31.0 Å². The summed E-state index contributed by atoms with van der Waals surface area (Å²) in [5.74, 6) is -0.100. The fourth-order valence-electron chi connectivity index (χ4n) is 3.32. The minimum atomic E-state index is -0.284. The molecule has 1 aromatic heterocycles. The molecule has 6 heteroatoms. The molecule has 0 unspecified atom stereocenters. The summed E-state index contributed by atoms with van der Waals surface area (Å²) in [5, 5.41) is 2.90. The second kappa shape index (κ2) is 11.9. The third kappa shape index (κ3) is 7.10. The Morgan fingerprint density at radius 2 is 1.56 bits per heavy atom. The maximum atomic E-state index is 13.3. The number of amides is 3. The second-order valence-corrected chi connectivity index (χ2v) is 8.93. The van der Waals surface area contributed by atoms with Gasteiger partial charge in [0.15, 0.2) is 0 Å². The van der Waals surface area contributed by atoms with Crippen molar-refractivity contribution >= 4 is 23.3 Å². The summed E-state index contributed by atoms with van der Waals surface area (Å²) in [6.45, 7) is 7.50. The number of thiophene rings is 1. The molecule has 3 aromatic rings. The van der Waals surface area contributed by atoms with Crippen LogP contribution in [0.1, 0.15) is 20.9 Å². The molecule has 1 N–H and O–H groups in total. The Labute approximate surface area is 194 Å². The summed E-state index contributed by atoms with van der Waals surface area (Å²) in [4.78, 5) is 31.7. The van der Waals surface area contributed by atoms with Crippen molar-refractivity contribution in [2.75, 3.05) is 13.1 Å². The van der Waals surface area contributed by atoms with Crippen molar-refractivity contribution in [2.45, 2.75) is 26.6 Å². The Kier molecular flexibility index (Phi) is 8.63. The second-order valence-electron chi connectivity index (χ2n) is 7.56. The molecule has 0 radical (unpaired) electrons. The summed E-state index contributed by atoms with van der Waals surface area (Å²) in [5.41, 5.74) is 2.06. The lowest BCUT2D eigenvalue weighted by Gasteiger charge is -2.27. The van der Waals surface area contributed by atoms with Gasteiger partial charge in [0.2, 0.25) is 5.91 Å². The Bertz CT molecular complexity index is 1020. The number of hydrogen-bond donors (Lipinski definition) is 1. The monoisotopic (exact) mass is 447 g/mol. The molecule has 2 aromatic carbocycles. The van der Waals surface area contributed by atoms with Gasteiger partial charge >= 0.3 is 6.03 Å². The fraction of sp³-hybridized carbons (Fsp3) is 0.231. The highest BCUT2D eigenvalue weighted by Crippen LogP contribution is 2.19. The topological polar surface area (TPSA) is 52.7 Å². The van der Waals surface area contributed by atoms with Gasteiger partial charge in [-0.15, -0.1) is 17.9 Å². The van der Waals surface area contributed by atoms with Crippen LogP contribution in [0.5, 0.6) is 0 Å². The van der Waals surface area contributed by atoms with E-state index < -0.39 is 0 Å². The zero-order chi connectivity index (χ0) is 22.8. The molecule has 5 nitrogen and oxygen atoms in total. The van der Waals surface area contributed by atoms with Crippen LogP contribution in [0.2, 0.25) is 0 Å². The number of benzene rings is 2. The van der Waals surface area contributed by atoms with Crippen LogP contribution in [0.4, 0.5) is 4.79 Å². The summed E-state index contributed by atoms with van der Waals surface area (Å²) < 4.78 is 0. The number of carbonyl (C=O) groups is 2. The van der Waals surface area contributed by atoms with E-state index in [0.717, 1.165) is 16.0 Å². The van der Waals surface area contributed by atoms with Crippen molar-refractivity contribution in [3.05, 3.63) is 106 Å². The molecule has 0 saturated heterocycles. The highest BCUT2D eigenvalue weighted by Gasteiger charge is 2.21. The first-order chi connectivity index (χ1) is 15.5. The Balaban J connectivity index is 1.69. The maximum absolute atomic E-state index is 13.3. The number of nitrogens with one attached hydrogen (secondary N) is 1. The molecule has 0 aliphatic heterocycles. The molecule has 0 aliphatic rings. The van der Waals surface area contributed by atoms with Crippen molar-refractivity contribution < 1.29 is 9.59 Å². The third-order valence-electron chi connectivity index (χ3n) is 4.96. The number of urea groups is 1. The average molecular weight is 448 g/mol. The number of aryl methyl sites for hydroxylation is 1. The molecule has 32 heavy (non-hydrogen) atoms. The molecule has 0 bridgehead atoms. The van der Waals surface area contributed by atoms with Crippen LogP contribution in [0, 0.1) is 6.92 Å². The van der Waals surface area contributed by atoms with Gasteiger partial charge in [-0.05, 0) is 30.2 Å². The summed E-state index contributed by atoms with van der Waals surface area (Å²) >= 11 is 1.68. The lowest BCUT2D eigenvalue weighted by atomic mass is 10.2. The van der Waals surface area contributed by atoms with Gasteiger partial charge in [-0.25, -0.2) is 4.79 Å². The predicted molar refractivity (Wildman–Crippen MR) is 130 cm³/mol. The highest BCUT2D eigenvalue weighted by molar-refractivity contribution is 7.11. The molecule has 3 amide bonds. The fourth-order valence-corrected chi connectivity index (χ4v) is 4.22. The van der Waals surface area contributed by atoms with E-state index in [1.807, 2.05) is 60.7 Å². The van der Waals surface area contributed by atoms with Crippen LogP contribution in [-0.4, -0.2) is 34.8 Å². The average Bonchev–Trinajstić information content (AvgIpc) is 3.22. The van der Waals surface area contributed by atoms with Crippen molar-refractivity contribution in [1.82, 2.24) is 15.1 Å².